The molecule has 1 saturated heterocycles. The number of aromatic hydroxyl groups is 1. The molecule has 0 aromatic heterocycles. The fourth-order valence-electron chi connectivity index (χ4n) is 4.91. The lowest BCUT2D eigenvalue weighted by Crippen LogP contribution is -2.33. The van der Waals surface area contributed by atoms with Gasteiger partial charge in [-0.2, -0.15) is 0 Å². The average molecular weight is 371 g/mol. The van der Waals surface area contributed by atoms with Crippen molar-refractivity contribution in [2.45, 2.75) is 31.0 Å². The number of likely N-dealkylation sites (tertiary alicyclic amines) is 1. The van der Waals surface area contributed by atoms with Crippen LogP contribution in [0.4, 0.5) is 4.39 Å². The van der Waals surface area contributed by atoms with Crippen LogP contribution >= 0.6 is 0 Å². The van der Waals surface area contributed by atoms with Crippen LogP contribution in [0.3, 0.4) is 0 Å². The Morgan fingerprint density at radius 2 is 1.74 bits per heavy atom. The number of hydrogen-bond donors (Lipinski definition) is 3. The lowest BCUT2D eigenvalue weighted by atomic mass is 9.91. The number of halogens is 1. The predicted octanol–water partition coefficient (Wildman–Crippen LogP) is 2.88. The van der Waals surface area contributed by atoms with E-state index < -0.39 is 23.3 Å². The highest BCUT2D eigenvalue weighted by atomic mass is 19.1. The topological polar surface area (TPSA) is 63.9 Å². The summed E-state index contributed by atoms with van der Waals surface area (Å²) >= 11 is 0. The molecule has 144 valence electrons. The Morgan fingerprint density at radius 1 is 1.07 bits per heavy atom. The van der Waals surface area contributed by atoms with Gasteiger partial charge in [0.15, 0.2) is 11.6 Å². The fourth-order valence-corrected chi connectivity index (χ4v) is 4.91. The number of rotatable bonds is 5. The van der Waals surface area contributed by atoms with Gasteiger partial charge in [-0.3, -0.25) is 4.90 Å². The number of fused-ring (bicyclic) bond motifs is 1. The lowest BCUT2D eigenvalue weighted by molar-refractivity contribution is 0.0328. The van der Waals surface area contributed by atoms with E-state index in [1.807, 2.05) is 18.2 Å². The molecular formula is C22H26FNO3. The van der Waals surface area contributed by atoms with Gasteiger partial charge in [0.2, 0.25) is 0 Å². The predicted molar refractivity (Wildman–Crippen MR) is 101 cm³/mol. The van der Waals surface area contributed by atoms with Gasteiger partial charge in [0.1, 0.15) is 0 Å². The molecule has 2 aliphatic rings. The third-order valence-electron chi connectivity index (χ3n) is 6.10. The van der Waals surface area contributed by atoms with Crippen LogP contribution in [0.15, 0.2) is 48.5 Å². The van der Waals surface area contributed by atoms with Crippen molar-refractivity contribution < 1.29 is 19.7 Å². The van der Waals surface area contributed by atoms with E-state index in [0.717, 1.165) is 25.9 Å². The molecule has 5 heteroatoms. The second-order valence-electron chi connectivity index (χ2n) is 8.26. The maximum atomic E-state index is 13.5. The van der Waals surface area contributed by atoms with Gasteiger partial charge in [0, 0.05) is 26.1 Å². The van der Waals surface area contributed by atoms with Gasteiger partial charge in [0.05, 0.1) is 11.7 Å². The molecule has 1 aliphatic heterocycles. The molecule has 4 rings (SSSR count). The zero-order valence-corrected chi connectivity index (χ0v) is 15.3. The Hall–Kier alpha value is -1.95. The maximum absolute atomic E-state index is 13.5. The molecule has 4 atom stereocenters. The van der Waals surface area contributed by atoms with Crippen molar-refractivity contribution in [1.82, 2.24) is 4.90 Å². The molecular weight excluding hydrogens is 345 g/mol. The number of benzene rings is 2. The summed E-state index contributed by atoms with van der Waals surface area (Å²) in [6.07, 6.45) is 1.47. The molecule has 0 unspecified atom stereocenters. The Labute approximate surface area is 158 Å². The molecule has 0 amide bonds. The van der Waals surface area contributed by atoms with Crippen LogP contribution in [-0.4, -0.2) is 45.5 Å². The number of β-amino-alcohol motifs (C(OH)–C–C–N with tert-alkyl or cyclic N) is 1. The molecule has 1 saturated carbocycles. The first-order chi connectivity index (χ1) is 12.9. The van der Waals surface area contributed by atoms with Gasteiger partial charge in [-0.15, -0.1) is 0 Å². The van der Waals surface area contributed by atoms with Crippen molar-refractivity contribution in [3.05, 3.63) is 65.5 Å². The zero-order valence-electron chi connectivity index (χ0n) is 15.3. The van der Waals surface area contributed by atoms with E-state index in [0.29, 0.717) is 30.4 Å². The first kappa shape index (κ1) is 18.4. The number of aliphatic hydroxyl groups excluding tert-OH is 1. The van der Waals surface area contributed by atoms with E-state index in [9.17, 15) is 19.7 Å². The standard InChI is InChI=1S/C22H26FNO3/c23-19-8-16(6-7-20(19)25)21(26)14-24-12-17-10-22(27,11-18(17)13-24)9-15-4-2-1-3-5-15/h1-8,17-18,21,25-27H,9-14H2/t17-,18+,21-,22+/m0/s1. The van der Waals surface area contributed by atoms with Crippen molar-refractivity contribution in [2.24, 2.45) is 11.8 Å². The van der Waals surface area contributed by atoms with Gasteiger partial charge >= 0.3 is 0 Å². The van der Waals surface area contributed by atoms with Crippen molar-refractivity contribution in [3.8, 4) is 5.75 Å². The van der Waals surface area contributed by atoms with E-state index in [1.165, 1.54) is 17.7 Å². The number of nitrogens with zero attached hydrogens (tertiary/aromatic N) is 1. The summed E-state index contributed by atoms with van der Waals surface area (Å²) in [4.78, 5) is 2.20. The molecule has 1 aliphatic carbocycles. The maximum Gasteiger partial charge on any atom is 0.165 e. The molecule has 2 fully saturated rings. The largest absolute Gasteiger partial charge is 0.505 e. The van der Waals surface area contributed by atoms with E-state index in [1.54, 1.807) is 6.07 Å². The minimum atomic E-state index is -0.790. The molecule has 0 bridgehead atoms. The van der Waals surface area contributed by atoms with Gasteiger partial charge in [-0.05, 0) is 47.9 Å². The number of hydrogen-bond acceptors (Lipinski definition) is 4. The summed E-state index contributed by atoms with van der Waals surface area (Å²) in [5, 5.41) is 30.7. The molecule has 2 aromatic carbocycles. The average Bonchev–Trinajstić information content (AvgIpc) is 3.11. The third-order valence-corrected chi connectivity index (χ3v) is 6.10. The lowest BCUT2D eigenvalue weighted by Gasteiger charge is -2.27. The van der Waals surface area contributed by atoms with Crippen molar-refractivity contribution in [2.75, 3.05) is 19.6 Å². The molecule has 0 radical (unpaired) electrons. The van der Waals surface area contributed by atoms with Crippen LogP contribution in [0.2, 0.25) is 0 Å². The Bertz CT molecular complexity index is 783. The summed E-state index contributed by atoms with van der Waals surface area (Å²) in [5.41, 5.74) is 1.01. The van der Waals surface area contributed by atoms with E-state index in [2.05, 4.69) is 17.0 Å². The SMILES string of the molecule is Oc1ccc([C@@H](O)CN2C[C@@H]3C[C@](O)(Cc4ccccc4)C[C@@H]3C2)cc1F. The van der Waals surface area contributed by atoms with Gasteiger partial charge < -0.3 is 15.3 Å². The van der Waals surface area contributed by atoms with Crippen molar-refractivity contribution in [1.29, 1.82) is 0 Å². The third kappa shape index (κ3) is 4.00. The minimum Gasteiger partial charge on any atom is -0.505 e. The Kier molecular flexibility index (Phi) is 4.93. The minimum absolute atomic E-state index is 0.403. The smallest absolute Gasteiger partial charge is 0.165 e. The molecule has 1 heterocycles. The van der Waals surface area contributed by atoms with Crippen LogP contribution in [0, 0.1) is 17.7 Å². The Balaban J connectivity index is 1.33. The number of aliphatic hydroxyl groups is 2. The highest BCUT2D eigenvalue weighted by Gasteiger charge is 2.48. The number of phenolic OH excluding ortho intramolecular Hbond substituents is 1. The summed E-state index contributed by atoms with van der Waals surface area (Å²) in [5.74, 6) is -0.250. The summed E-state index contributed by atoms with van der Waals surface area (Å²) < 4.78 is 13.5. The van der Waals surface area contributed by atoms with E-state index in [-0.39, 0.29) is 0 Å². The van der Waals surface area contributed by atoms with Gasteiger partial charge in [-0.1, -0.05) is 36.4 Å². The quantitative estimate of drug-likeness (QED) is 0.756. The highest BCUT2D eigenvalue weighted by Crippen LogP contribution is 2.45. The second kappa shape index (κ2) is 7.23. The van der Waals surface area contributed by atoms with Crippen LogP contribution in [-0.2, 0) is 6.42 Å². The molecule has 4 nitrogen and oxygen atoms in total. The van der Waals surface area contributed by atoms with Crippen LogP contribution < -0.4 is 0 Å². The normalized spacial score (nSPS) is 29.0. The summed E-state index contributed by atoms with van der Waals surface area (Å²) in [6.45, 7) is 2.13. The Morgan fingerprint density at radius 3 is 2.37 bits per heavy atom. The second-order valence-corrected chi connectivity index (χ2v) is 8.26. The first-order valence-corrected chi connectivity index (χ1v) is 9.57. The van der Waals surface area contributed by atoms with Crippen molar-refractivity contribution in [3.63, 3.8) is 0 Å². The van der Waals surface area contributed by atoms with Gasteiger partial charge in [0.25, 0.3) is 0 Å². The molecule has 3 N–H and O–H groups in total. The van der Waals surface area contributed by atoms with Crippen LogP contribution in [0.5, 0.6) is 5.75 Å². The van der Waals surface area contributed by atoms with Crippen molar-refractivity contribution >= 4 is 0 Å². The molecule has 2 aromatic rings. The molecule has 0 spiro atoms. The summed E-state index contributed by atoms with van der Waals surface area (Å²) in [6, 6.07) is 14.1. The number of phenols is 1. The monoisotopic (exact) mass is 371 g/mol. The summed E-state index contributed by atoms with van der Waals surface area (Å²) in [7, 11) is 0. The van der Waals surface area contributed by atoms with Crippen LogP contribution in [0.1, 0.15) is 30.1 Å². The first-order valence-electron chi connectivity index (χ1n) is 9.57. The van der Waals surface area contributed by atoms with E-state index in [4.69, 9.17) is 0 Å². The van der Waals surface area contributed by atoms with E-state index >= 15 is 0 Å². The van der Waals surface area contributed by atoms with Crippen LogP contribution in [0.25, 0.3) is 0 Å². The zero-order chi connectivity index (χ0) is 19.0. The fraction of sp³-hybridized carbons (Fsp3) is 0.455. The highest BCUT2D eigenvalue weighted by molar-refractivity contribution is 5.29. The molecule has 27 heavy (non-hydrogen) atoms. The van der Waals surface area contributed by atoms with Gasteiger partial charge in [-0.25, -0.2) is 4.39 Å².